The molecule has 4 rings (SSSR count). The van der Waals surface area contributed by atoms with Crippen molar-refractivity contribution in [1.29, 1.82) is 0 Å². The highest BCUT2D eigenvalue weighted by molar-refractivity contribution is 5.90. The highest BCUT2D eigenvalue weighted by Gasteiger charge is 2.35. The fourth-order valence-corrected chi connectivity index (χ4v) is 3.15. The largest absolute Gasteiger partial charge is 0.497 e. The Labute approximate surface area is 141 Å². The van der Waals surface area contributed by atoms with Gasteiger partial charge in [0.25, 0.3) is 0 Å². The Hall–Kier alpha value is -3.15. The van der Waals surface area contributed by atoms with Gasteiger partial charge in [0.05, 0.1) is 24.5 Å². The zero-order chi connectivity index (χ0) is 17.6. The Kier molecular flexibility index (Phi) is 3.53. The summed E-state index contributed by atoms with van der Waals surface area (Å²) in [5.41, 5.74) is 0.0555. The number of halogens is 1. The van der Waals surface area contributed by atoms with Crippen molar-refractivity contribution in [2.45, 2.75) is 12.3 Å². The third-order valence-electron chi connectivity index (χ3n) is 4.32. The fraction of sp³-hybridized carbons (Fsp3) is 0.158. The van der Waals surface area contributed by atoms with Gasteiger partial charge in [0.2, 0.25) is 0 Å². The summed E-state index contributed by atoms with van der Waals surface area (Å²) in [7, 11) is 1.43. The highest BCUT2D eigenvalue weighted by atomic mass is 19.1. The van der Waals surface area contributed by atoms with Gasteiger partial charge >= 0.3 is 11.6 Å². The third-order valence-corrected chi connectivity index (χ3v) is 4.32. The molecule has 25 heavy (non-hydrogen) atoms. The van der Waals surface area contributed by atoms with Crippen LogP contribution in [0.2, 0.25) is 0 Å². The van der Waals surface area contributed by atoms with Gasteiger partial charge in [-0.15, -0.1) is 0 Å². The van der Waals surface area contributed by atoms with Crippen molar-refractivity contribution in [1.82, 2.24) is 0 Å². The van der Waals surface area contributed by atoms with E-state index in [0.29, 0.717) is 16.7 Å². The first-order valence-electron chi connectivity index (χ1n) is 7.68. The molecule has 0 fully saturated rings. The summed E-state index contributed by atoms with van der Waals surface area (Å²) in [6.45, 7) is 0. The molecular weight excluding hydrogens is 327 g/mol. The second kappa shape index (κ2) is 5.73. The van der Waals surface area contributed by atoms with Crippen LogP contribution in [0.4, 0.5) is 4.39 Å². The number of ether oxygens (including phenoxy) is 2. The average molecular weight is 340 g/mol. The number of methoxy groups -OCH3 is 1. The molecule has 2 heterocycles. The van der Waals surface area contributed by atoms with Gasteiger partial charge in [-0.2, -0.15) is 0 Å². The monoisotopic (exact) mass is 340 g/mol. The quantitative estimate of drug-likeness (QED) is 0.528. The van der Waals surface area contributed by atoms with Crippen molar-refractivity contribution in [3.63, 3.8) is 0 Å². The second-order valence-electron chi connectivity index (χ2n) is 5.75. The second-order valence-corrected chi connectivity index (χ2v) is 5.75. The molecular formula is C19H13FO5. The zero-order valence-electron chi connectivity index (χ0n) is 13.2. The first kappa shape index (κ1) is 15.4. The predicted molar refractivity (Wildman–Crippen MR) is 87.5 cm³/mol. The third kappa shape index (κ3) is 2.46. The number of para-hydroxylation sites is 1. The lowest BCUT2D eigenvalue weighted by Crippen LogP contribution is -2.27. The molecule has 1 aliphatic heterocycles. The van der Waals surface area contributed by atoms with E-state index in [4.69, 9.17) is 13.9 Å². The lowest BCUT2D eigenvalue weighted by molar-refractivity contribution is -0.135. The molecule has 0 bridgehead atoms. The lowest BCUT2D eigenvalue weighted by atomic mass is 9.86. The maximum atomic E-state index is 14.5. The van der Waals surface area contributed by atoms with Crippen LogP contribution in [0.5, 0.6) is 11.5 Å². The van der Waals surface area contributed by atoms with E-state index >= 15 is 0 Å². The topological polar surface area (TPSA) is 65.7 Å². The summed E-state index contributed by atoms with van der Waals surface area (Å²) in [4.78, 5) is 24.6. The summed E-state index contributed by atoms with van der Waals surface area (Å²) in [5, 5.41) is 0.504. The summed E-state index contributed by atoms with van der Waals surface area (Å²) >= 11 is 0. The van der Waals surface area contributed by atoms with E-state index in [9.17, 15) is 14.0 Å². The molecule has 126 valence electrons. The highest BCUT2D eigenvalue weighted by Crippen LogP contribution is 2.41. The molecule has 0 radical (unpaired) electrons. The Morgan fingerprint density at radius 1 is 1.16 bits per heavy atom. The van der Waals surface area contributed by atoms with Crippen LogP contribution in [0.1, 0.15) is 23.5 Å². The lowest BCUT2D eigenvalue weighted by Gasteiger charge is -2.24. The van der Waals surface area contributed by atoms with Gasteiger partial charge < -0.3 is 13.9 Å². The minimum atomic E-state index is -0.775. The Bertz CT molecular complexity index is 1050. The van der Waals surface area contributed by atoms with Crippen LogP contribution >= 0.6 is 0 Å². The molecule has 1 aromatic heterocycles. The van der Waals surface area contributed by atoms with Crippen molar-refractivity contribution in [2.75, 3.05) is 7.11 Å². The Morgan fingerprint density at radius 2 is 1.96 bits per heavy atom. The van der Waals surface area contributed by atoms with Gasteiger partial charge in [0.1, 0.15) is 17.1 Å². The number of benzene rings is 2. The normalized spacial score (nSPS) is 16.4. The number of fused-ring (bicyclic) bond motifs is 3. The van der Waals surface area contributed by atoms with Gasteiger partial charge in [-0.25, -0.2) is 9.18 Å². The maximum Gasteiger partial charge on any atom is 0.343 e. The van der Waals surface area contributed by atoms with E-state index < -0.39 is 23.3 Å². The molecule has 0 saturated heterocycles. The summed E-state index contributed by atoms with van der Waals surface area (Å²) in [6, 6.07) is 11.1. The number of hydrogen-bond donors (Lipinski definition) is 0. The maximum absolute atomic E-state index is 14.5. The van der Waals surface area contributed by atoms with E-state index in [1.54, 1.807) is 30.3 Å². The summed E-state index contributed by atoms with van der Waals surface area (Å²) < 4.78 is 30.2. The van der Waals surface area contributed by atoms with Gasteiger partial charge in [0, 0.05) is 12.0 Å². The molecule has 1 atom stereocenters. The number of esters is 1. The summed E-state index contributed by atoms with van der Waals surface area (Å²) in [5.74, 6) is -1.36. The number of hydrogen-bond acceptors (Lipinski definition) is 5. The van der Waals surface area contributed by atoms with E-state index in [1.807, 2.05) is 0 Å². The van der Waals surface area contributed by atoms with Crippen molar-refractivity contribution in [2.24, 2.45) is 0 Å². The SMILES string of the molecule is COc1ccc(C2CC(=O)Oc3c2c(=O)oc2ccccc32)c(F)c1. The smallest absolute Gasteiger partial charge is 0.343 e. The first-order valence-corrected chi connectivity index (χ1v) is 7.68. The zero-order valence-corrected chi connectivity index (χ0v) is 13.2. The average Bonchev–Trinajstić information content (AvgIpc) is 2.61. The molecule has 2 aromatic carbocycles. The van der Waals surface area contributed by atoms with Gasteiger partial charge in [-0.3, -0.25) is 4.79 Å². The van der Waals surface area contributed by atoms with Crippen LogP contribution in [0.25, 0.3) is 11.0 Å². The standard InChI is InChI=1S/C19H13FO5/c1-23-10-6-7-11(14(20)8-10)13-9-16(21)25-18-12-4-2-3-5-15(12)24-19(22)17(13)18/h2-8,13H,9H2,1H3. The van der Waals surface area contributed by atoms with Gasteiger partial charge in [-0.1, -0.05) is 18.2 Å². The van der Waals surface area contributed by atoms with Crippen LogP contribution in [0, 0.1) is 5.82 Å². The minimum absolute atomic E-state index is 0.140. The van der Waals surface area contributed by atoms with E-state index in [-0.39, 0.29) is 23.3 Å². The molecule has 0 amide bonds. The number of carbonyl (C=O) groups is 1. The van der Waals surface area contributed by atoms with Crippen molar-refractivity contribution in [3.8, 4) is 11.5 Å². The molecule has 1 unspecified atom stereocenters. The van der Waals surface area contributed by atoms with Crippen LogP contribution < -0.4 is 15.1 Å². The number of carbonyl (C=O) groups excluding carboxylic acids is 1. The van der Waals surface area contributed by atoms with Crippen LogP contribution in [-0.4, -0.2) is 13.1 Å². The van der Waals surface area contributed by atoms with E-state index in [1.165, 1.54) is 19.2 Å². The molecule has 0 spiro atoms. The van der Waals surface area contributed by atoms with E-state index in [0.717, 1.165) is 0 Å². The first-order chi connectivity index (χ1) is 12.1. The summed E-state index contributed by atoms with van der Waals surface area (Å²) in [6.07, 6.45) is -0.140. The molecule has 6 heteroatoms. The molecule has 1 aliphatic rings. The van der Waals surface area contributed by atoms with Crippen molar-refractivity contribution >= 4 is 16.9 Å². The van der Waals surface area contributed by atoms with Crippen LogP contribution in [-0.2, 0) is 4.79 Å². The van der Waals surface area contributed by atoms with Gasteiger partial charge in [0.15, 0.2) is 5.75 Å². The molecule has 0 saturated carbocycles. The van der Waals surface area contributed by atoms with Crippen LogP contribution in [0.3, 0.4) is 0 Å². The molecule has 0 N–H and O–H groups in total. The number of rotatable bonds is 2. The Morgan fingerprint density at radius 3 is 2.72 bits per heavy atom. The fourth-order valence-electron chi connectivity index (χ4n) is 3.15. The van der Waals surface area contributed by atoms with Crippen LogP contribution in [0.15, 0.2) is 51.7 Å². The molecule has 5 nitrogen and oxygen atoms in total. The van der Waals surface area contributed by atoms with E-state index in [2.05, 4.69) is 0 Å². The minimum Gasteiger partial charge on any atom is -0.497 e. The predicted octanol–water partition coefficient (Wildman–Crippen LogP) is 3.38. The Balaban J connectivity index is 1.98. The van der Waals surface area contributed by atoms with Gasteiger partial charge in [-0.05, 0) is 23.8 Å². The molecule has 0 aliphatic carbocycles. The van der Waals surface area contributed by atoms with Crippen molar-refractivity contribution < 1.29 is 23.1 Å². The molecule has 3 aromatic rings. The van der Waals surface area contributed by atoms with Crippen molar-refractivity contribution in [3.05, 3.63) is 69.8 Å².